The summed E-state index contributed by atoms with van der Waals surface area (Å²) in [6.07, 6.45) is 1.49. The SMILES string of the molecule is CCCCNC(=O)C(OP(=O)(O)O)=C(Cl)C(C)=O. The Labute approximate surface area is 109 Å². The molecular weight excluding hydrogens is 285 g/mol. The fraction of sp³-hybridized carbons (Fsp3) is 0.556. The topological polar surface area (TPSA) is 113 Å². The monoisotopic (exact) mass is 299 g/mol. The molecule has 104 valence electrons. The summed E-state index contributed by atoms with van der Waals surface area (Å²) in [6.45, 7) is 3.23. The van der Waals surface area contributed by atoms with Crippen molar-refractivity contribution < 1.29 is 28.5 Å². The number of phosphoric ester groups is 1. The number of carbonyl (C=O) groups is 2. The van der Waals surface area contributed by atoms with Crippen molar-refractivity contribution in [2.45, 2.75) is 26.7 Å². The van der Waals surface area contributed by atoms with E-state index in [-0.39, 0.29) is 6.54 Å². The average Bonchev–Trinajstić information content (AvgIpc) is 2.23. The molecule has 0 radical (unpaired) electrons. The number of amides is 1. The lowest BCUT2D eigenvalue weighted by Gasteiger charge is -2.12. The summed E-state index contributed by atoms with van der Waals surface area (Å²) in [6, 6.07) is 0. The molecule has 0 spiro atoms. The van der Waals surface area contributed by atoms with Gasteiger partial charge in [0.15, 0.2) is 5.78 Å². The Kier molecular flexibility index (Phi) is 7.16. The molecule has 0 aromatic rings. The summed E-state index contributed by atoms with van der Waals surface area (Å²) in [5.41, 5.74) is 0. The second kappa shape index (κ2) is 7.53. The standard InChI is InChI=1S/C9H15ClNO6P/c1-3-4-5-11-9(13)8(7(10)6(2)12)17-18(14,15)16/h3-5H2,1-2H3,(H,11,13)(H2,14,15,16). The van der Waals surface area contributed by atoms with Crippen molar-refractivity contribution >= 4 is 31.1 Å². The van der Waals surface area contributed by atoms with Gasteiger partial charge in [-0.1, -0.05) is 24.9 Å². The highest BCUT2D eigenvalue weighted by Gasteiger charge is 2.27. The highest BCUT2D eigenvalue weighted by Crippen LogP contribution is 2.40. The van der Waals surface area contributed by atoms with Crippen molar-refractivity contribution in [1.29, 1.82) is 0 Å². The quantitative estimate of drug-likeness (QED) is 0.280. The van der Waals surface area contributed by atoms with Crippen LogP contribution in [0.4, 0.5) is 0 Å². The van der Waals surface area contributed by atoms with Crippen LogP contribution in [0.5, 0.6) is 0 Å². The summed E-state index contributed by atoms with van der Waals surface area (Å²) < 4.78 is 14.8. The minimum atomic E-state index is -4.96. The molecule has 0 aliphatic rings. The van der Waals surface area contributed by atoms with Gasteiger partial charge in [0.05, 0.1) is 0 Å². The average molecular weight is 300 g/mol. The van der Waals surface area contributed by atoms with Gasteiger partial charge in [-0.15, -0.1) is 0 Å². The first-order valence-corrected chi connectivity index (χ1v) is 7.04. The van der Waals surface area contributed by atoms with E-state index < -0.39 is 30.3 Å². The predicted octanol–water partition coefficient (Wildman–Crippen LogP) is 1.05. The predicted molar refractivity (Wildman–Crippen MR) is 64.6 cm³/mol. The molecule has 9 heteroatoms. The molecule has 0 aromatic heterocycles. The lowest BCUT2D eigenvalue weighted by molar-refractivity contribution is -0.120. The fourth-order valence-corrected chi connectivity index (χ4v) is 1.51. The van der Waals surface area contributed by atoms with Crippen molar-refractivity contribution in [1.82, 2.24) is 5.32 Å². The molecule has 0 aliphatic heterocycles. The zero-order chi connectivity index (χ0) is 14.3. The number of nitrogens with one attached hydrogen (secondary N) is 1. The maximum Gasteiger partial charge on any atom is 0.525 e. The van der Waals surface area contributed by atoms with Crippen molar-refractivity contribution in [2.24, 2.45) is 0 Å². The minimum absolute atomic E-state index is 0.283. The Morgan fingerprint density at radius 1 is 1.39 bits per heavy atom. The van der Waals surface area contributed by atoms with Gasteiger partial charge in [0.2, 0.25) is 5.76 Å². The Hall–Kier alpha value is -0.880. The molecular formula is C9H15ClNO6P. The van der Waals surface area contributed by atoms with Crippen molar-refractivity contribution in [2.75, 3.05) is 6.54 Å². The van der Waals surface area contributed by atoms with E-state index in [9.17, 15) is 14.2 Å². The Morgan fingerprint density at radius 2 is 1.94 bits per heavy atom. The highest BCUT2D eigenvalue weighted by atomic mass is 35.5. The largest absolute Gasteiger partial charge is 0.525 e. The van der Waals surface area contributed by atoms with Crippen LogP contribution in [-0.4, -0.2) is 28.0 Å². The lowest BCUT2D eigenvalue weighted by Crippen LogP contribution is -2.28. The van der Waals surface area contributed by atoms with Crippen LogP contribution in [-0.2, 0) is 18.7 Å². The van der Waals surface area contributed by atoms with Crippen LogP contribution in [0.3, 0.4) is 0 Å². The van der Waals surface area contributed by atoms with Crippen molar-refractivity contribution in [3.05, 3.63) is 10.8 Å². The van der Waals surface area contributed by atoms with Crippen LogP contribution < -0.4 is 5.32 Å². The minimum Gasteiger partial charge on any atom is -0.397 e. The van der Waals surface area contributed by atoms with E-state index in [1.165, 1.54) is 0 Å². The number of Topliss-reactive ketones (excluding diaryl/α,β-unsaturated/α-hetero) is 1. The van der Waals surface area contributed by atoms with E-state index in [0.29, 0.717) is 6.42 Å². The summed E-state index contributed by atoms with van der Waals surface area (Å²) in [5, 5.41) is 1.68. The third-order valence-corrected chi connectivity index (χ3v) is 2.60. The molecule has 0 bridgehead atoms. The van der Waals surface area contributed by atoms with Crippen LogP contribution >= 0.6 is 19.4 Å². The Morgan fingerprint density at radius 3 is 2.33 bits per heavy atom. The van der Waals surface area contributed by atoms with Crippen LogP contribution in [0.1, 0.15) is 26.7 Å². The van der Waals surface area contributed by atoms with Gasteiger partial charge in [0.1, 0.15) is 5.03 Å². The normalized spacial score (nSPS) is 12.7. The van der Waals surface area contributed by atoms with E-state index >= 15 is 0 Å². The first-order chi connectivity index (χ1) is 8.19. The fourth-order valence-electron chi connectivity index (χ4n) is 0.919. The summed E-state index contributed by atoms with van der Waals surface area (Å²) >= 11 is 5.50. The molecule has 0 unspecified atom stereocenters. The van der Waals surface area contributed by atoms with Crippen LogP contribution in [0.25, 0.3) is 0 Å². The number of phosphoric acid groups is 1. The number of ketones is 1. The van der Waals surface area contributed by atoms with Crippen molar-refractivity contribution in [3.8, 4) is 0 Å². The molecule has 0 heterocycles. The third kappa shape index (κ3) is 6.76. The molecule has 0 saturated carbocycles. The Bertz CT molecular complexity index is 402. The molecule has 18 heavy (non-hydrogen) atoms. The van der Waals surface area contributed by atoms with Gasteiger partial charge in [0, 0.05) is 13.5 Å². The first-order valence-electron chi connectivity index (χ1n) is 5.13. The smallest absolute Gasteiger partial charge is 0.397 e. The zero-order valence-electron chi connectivity index (χ0n) is 9.97. The molecule has 1 amide bonds. The first kappa shape index (κ1) is 17.1. The number of unbranched alkanes of at least 4 members (excludes halogenated alkanes) is 1. The molecule has 0 saturated heterocycles. The number of carbonyl (C=O) groups excluding carboxylic acids is 2. The van der Waals surface area contributed by atoms with Crippen LogP contribution in [0.15, 0.2) is 10.8 Å². The van der Waals surface area contributed by atoms with E-state index in [1.54, 1.807) is 0 Å². The second-order valence-electron chi connectivity index (χ2n) is 3.39. The number of hydrogen-bond donors (Lipinski definition) is 3. The van der Waals surface area contributed by atoms with Gasteiger partial charge in [-0.05, 0) is 6.42 Å². The van der Waals surface area contributed by atoms with Gasteiger partial charge in [-0.25, -0.2) is 4.57 Å². The van der Waals surface area contributed by atoms with Gasteiger partial charge in [-0.2, -0.15) is 0 Å². The highest BCUT2D eigenvalue weighted by molar-refractivity contribution is 7.46. The van der Waals surface area contributed by atoms with Crippen LogP contribution in [0.2, 0.25) is 0 Å². The third-order valence-electron chi connectivity index (χ3n) is 1.74. The Balaban J connectivity index is 5.00. The van der Waals surface area contributed by atoms with E-state index in [2.05, 4.69) is 9.84 Å². The van der Waals surface area contributed by atoms with Gasteiger partial charge < -0.3 is 9.84 Å². The van der Waals surface area contributed by atoms with Gasteiger partial charge >= 0.3 is 7.82 Å². The second-order valence-corrected chi connectivity index (χ2v) is 4.93. The number of rotatable bonds is 7. The molecule has 0 atom stereocenters. The van der Waals surface area contributed by atoms with Crippen molar-refractivity contribution in [3.63, 3.8) is 0 Å². The zero-order valence-corrected chi connectivity index (χ0v) is 11.6. The van der Waals surface area contributed by atoms with E-state index in [1.807, 2.05) is 6.92 Å². The molecule has 0 rings (SSSR count). The molecule has 7 nitrogen and oxygen atoms in total. The lowest BCUT2D eigenvalue weighted by atomic mass is 10.3. The summed E-state index contributed by atoms with van der Waals surface area (Å²) in [4.78, 5) is 39.9. The maximum absolute atomic E-state index is 11.6. The molecule has 0 aromatic carbocycles. The molecule has 0 aliphatic carbocycles. The molecule has 3 N–H and O–H groups in total. The van der Waals surface area contributed by atoms with Gasteiger partial charge in [0.25, 0.3) is 5.91 Å². The number of hydrogen-bond acceptors (Lipinski definition) is 4. The van der Waals surface area contributed by atoms with E-state index in [0.717, 1.165) is 13.3 Å². The number of allylic oxidation sites excluding steroid dienone is 1. The summed E-state index contributed by atoms with van der Waals surface area (Å²) in [7, 11) is -4.96. The van der Waals surface area contributed by atoms with Gasteiger partial charge in [-0.3, -0.25) is 19.4 Å². The maximum atomic E-state index is 11.6. The van der Waals surface area contributed by atoms with Crippen LogP contribution in [0, 0.1) is 0 Å². The summed E-state index contributed by atoms with van der Waals surface area (Å²) in [5.74, 6) is -2.54. The van der Waals surface area contributed by atoms with E-state index in [4.69, 9.17) is 21.4 Å². The molecule has 0 fully saturated rings. The number of halogens is 1.